The van der Waals surface area contributed by atoms with Crippen LogP contribution >= 0.6 is 15.9 Å². The topological polar surface area (TPSA) is 101 Å². The summed E-state index contributed by atoms with van der Waals surface area (Å²) in [5, 5.41) is 13.0. The number of benzene rings is 2. The van der Waals surface area contributed by atoms with E-state index in [1.165, 1.54) is 18.2 Å². The molecule has 2 amide bonds. The summed E-state index contributed by atoms with van der Waals surface area (Å²) in [6, 6.07) is 3.47. The summed E-state index contributed by atoms with van der Waals surface area (Å²) >= 11 is 3.18. The van der Waals surface area contributed by atoms with Crippen LogP contribution in [0.2, 0.25) is 0 Å². The average molecular weight is 495 g/mol. The lowest BCUT2D eigenvalue weighted by atomic mass is 10.1. The molecule has 0 saturated carbocycles. The highest BCUT2D eigenvalue weighted by Crippen LogP contribution is 2.41. The van der Waals surface area contributed by atoms with Crippen molar-refractivity contribution < 1.29 is 31.1 Å². The molecule has 7 nitrogen and oxygen atoms in total. The molecule has 158 valence electrons. The first-order chi connectivity index (χ1) is 13.9. The second-order valence-corrected chi connectivity index (χ2v) is 6.75. The number of alkyl halides is 6. The number of urea groups is 1. The Morgan fingerprint density at radius 2 is 1.60 bits per heavy atom. The molecule has 3 aromatic rings. The molecule has 0 aliphatic rings. The number of carbonyl (C=O) groups is 1. The zero-order valence-electron chi connectivity index (χ0n) is 14.4. The Kier molecular flexibility index (Phi) is 5.45. The van der Waals surface area contributed by atoms with Gasteiger partial charge in [-0.05, 0) is 41.6 Å². The van der Waals surface area contributed by atoms with Gasteiger partial charge < -0.3 is 5.73 Å². The van der Waals surface area contributed by atoms with E-state index in [9.17, 15) is 31.1 Å². The van der Waals surface area contributed by atoms with Crippen LogP contribution in [0.4, 0.5) is 42.5 Å². The first-order valence-electron chi connectivity index (χ1n) is 7.80. The number of amides is 2. The van der Waals surface area contributed by atoms with E-state index in [0.717, 1.165) is 0 Å². The first kappa shape index (κ1) is 21.5. The Morgan fingerprint density at radius 1 is 1.00 bits per heavy atom. The summed E-state index contributed by atoms with van der Waals surface area (Å²) < 4.78 is 79.8. The minimum atomic E-state index is -5.10. The Morgan fingerprint density at radius 3 is 2.07 bits per heavy atom. The number of anilines is 2. The van der Waals surface area contributed by atoms with Crippen molar-refractivity contribution in [3.8, 4) is 11.4 Å². The number of rotatable bonds is 3. The fourth-order valence-corrected chi connectivity index (χ4v) is 2.97. The van der Waals surface area contributed by atoms with Gasteiger partial charge in [0.05, 0.1) is 22.5 Å². The Balaban J connectivity index is 2.28. The molecule has 3 N–H and O–H groups in total. The molecular formula is C16H9BrF6N6O. The molecule has 14 heteroatoms. The zero-order chi connectivity index (χ0) is 22.3. The summed E-state index contributed by atoms with van der Waals surface area (Å²) in [6.07, 6.45) is -10.2. The van der Waals surface area contributed by atoms with Gasteiger partial charge in [-0.15, -0.1) is 10.2 Å². The van der Waals surface area contributed by atoms with Crippen molar-refractivity contribution >= 4 is 33.3 Å². The number of nitrogens with zero attached hydrogens (tertiary/aromatic N) is 4. The summed E-state index contributed by atoms with van der Waals surface area (Å²) in [7, 11) is 0. The highest BCUT2D eigenvalue weighted by molar-refractivity contribution is 9.10. The van der Waals surface area contributed by atoms with Gasteiger partial charge in [-0.25, -0.2) is 4.79 Å². The number of nitrogens with two attached hydrogens (primary N) is 1. The molecule has 0 spiro atoms. The monoisotopic (exact) mass is 494 g/mol. The normalized spacial score (nSPS) is 12.1. The molecule has 30 heavy (non-hydrogen) atoms. The van der Waals surface area contributed by atoms with Crippen molar-refractivity contribution in [3.05, 3.63) is 52.0 Å². The van der Waals surface area contributed by atoms with Gasteiger partial charge in [0.2, 0.25) is 5.82 Å². The number of halogens is 7. The first-order valence-corrected chi connectivity index (χ1v) is 8.59. The number of hydrogen-bond acceptors (Lipinski definition) is 4. The molecule has 3 rings (SSSR count). The minimum Gasteiger partial charge on any atom is -0.351 e. The lowest BCUT2D eigenvalue weighted by molar-refractivity contribution is -0.143. The largest absolute Gasteiger partial charge is 0.416 e. The number of primary amides is 1. The van der Waals surface area contributed by atoms with Gasteiger partial charge in [-0.2, -0.15) is 31.6 Å². The van der Waals surface area contributed by atoms with Crippen LogP contribution in [-0.4, -0.2) is 26.7 Å². The van der Waals surface area contributed by atoms with Crippen LogP contribution in [0.1, 0.15) is 11.1 Å². The molecule has 0 saturated heterocycles. The third kappa shape index (κ3) is 4.37. The maximum atomic E-state index is 13.2. The van der Waals surface area contributed by atoms with E-state index in [2.05, 4.69) is 36.6 Å². The third-order valence-electron chi connectivity index (χ3n) is 3.84. The zero-order valence-corrected chi connectivity index (χ0v) is 16.0. The van der Waals surface area contributed by atoms with Crippen molar-refractivity contribution in [2.75, 3.05) is 4.90 Å². The van der Waals surface area contributed by atoms with Crippen molar-refractivity contribution in [3.63, 3.8) is 0 Å². The molecule has 0 fully saturated rings. The maximum Gasteiger partial charge on any atom is 0.416 e. The third-order valence-corrected chi connectivity index (χ3v) is 4.33. The van der Waals surface area contributed by atoms with E-state index in [1.54, 1.807) is 0 Å². The minimum absolute atomic E-state index is 0.0512. The average Bonchev–Trinajstić information content (AvgIpc) is 3.15. The predicted octanol–water partition coefficient (Wildman–Crippen LogP) is 4.88. The van der Waals surface area contributed by atoms with Crippen LogP contribution in [-0.2, 0) is 12.4 Å². The van der Waals surface area contributed by atoms with Gasteiger partial charge in [0.25, 0.3) is 0 Å². The number of aromatic nitrogens is 4. The number of tetrazole rings is 1. The van der Waals surface area contributed by atoms with Crippen LogP contribution < -0.4 is 10.6 Å². The number of carbonyl (C=O) groups excluding carboxylic acids is 1. The molecule has 1 aromatic heterocycles. The fourth-order valence-electron chi connectivity index (χ4n) is 2.61. The van der Waals surface area contributed by atoms with Gasteiger partial charge in [0.1, 0.15) is 0 Å². The molecular weight excluding hydrogens is 486 g/mol. The summed E-state index contributed by atoms with van der Waals surface area (Å²) in [5.41, 5.74) is 1.31. The Bertz CT molecular complexity index is 1050. The highest BCUT2D eigenvalue weighted by Gasteiger charge is 2.38. The van der Waals surface area contributed by atoms with E-state index < -0.39 is 35.2 Å². The standard InChI is InChI=1S/C16H9BrF6N6O/c17-9-1-2-12(11(6-9)13-25-27-28-26-13)29(14(24)30)10-4-7(15(18,19)20)3-8(5-10)16(21,22)23/h1-6H,(H2,24,30)(H,25,26,27,28). The van der Waals surface area contributed by atoms with Gasteiger partial charge in [-0.3, -0.25) is 4.90 Å². The van der Waals surface area contributed by atoms with Gasteiger partial charge >= 0.3 is 18.4 Å². The lowest BCUT2D eigenvalue weighted by Crippen LogP contribution is -2.32. The predicted molar refractivity (Wildman–Crippen MR) is 95.5 cm³/mol. The van der Waals surface area contributed by atoms with Gasteiger partial charge in [-0.1, -0.05) is 15.9 Å². The van der Waals surface area contributed by atoms with E-state index in [0.29, 0.717) is 21.5 Å². The van der Waals surface area contributed by atoms with Crippen LogP contribution in [0.25, 0.3) is 11.4 Å². The van der Waals surface area contributed by atoms with Gasteiger partial charge in [0, 0.05) is 10.0 Å². The molecule has 0 atom stereocenters. The number of hydrogen-bond donors (Lipinski definition) is 2. The smallest absolute Gasteiger partial charge is 0.351 e. The fraction of sp³-hybridized carbons (Fsp3) is 0.125. The molecule has 1 heterocycles. The summed E-state index contributed by atoms with van der Waals surface area (Å²) in [4.78, 5) is 12.6. The van der Waals surface area contributed by atoms with E-state index in [-0.39, 0.29) is 23.1 Å². The van der Waals surface area contributed by atoms with Crippen LogP contribution in [0.5, 0.6) is 0 Å². The van der Waals surface area contributed by atoms with Crippen molar-refractivity contribution in [2.45, 2.75) is 12.4 Å². The molecule has 0 aliphatic heterocycles. The maximum absolute atomic E-state index is 13.2. The van der Waals surface area contributed by atoms with Crippen molar-refractivity contribution in [2.24, 2.45) is 5.73 Å². The molecule has 2 aromatic carbocycles. The van der Waals surface area contributed by atoms with Crippen molar-refractivity contribution in [1.29, 1.82) is 0 Å². The van der Waals surface area contributed by atoms with Crippen molar-refractivity contribution in [1.82, 2.24) is 20.6 Å². The van der Waals surface area contributed by atoms with E-state index in [1.807, 2.05) is 0 Å². The van der Waals surface area contributed by atoms with E-state index in [4.69, 9.17) is 5.73 Å². The second kappa shape index (κ2) is 7.59. The van der Waals surface area contributed by atoms with Crippen LogP contribution in [0.15, 0.2) is 40.9 Å². The quantitative estimate of drug-likeness (QED) is 0.506. The number of aromatic amines is 1. The number of H-pyrrole nitrogens is 1. The SMILES string of the molecule is NC(=O)N(c1cc(C(F)(F)F)cc(C(F)(F)F)c1)c1ccc(Br)cc1-c1nn[nH]n1. The Labute approximate surface area is 172 Å². The number of nitrogens with one attached hydrogen (secondary N) is 1. The van der Waals surface area contributed by atoms with Crippen LogP contribution in [0, 0.1) is 0 Å². The highest BCUT2D eigenvalue weighted by atomic mass is 79.9. The van der Waals surface area contributed by atoms with Crippen LogP contribution in [0.3, 0.4) is 0 Å². The molecule has 0 bridgehead atoms. The lowest BCUT2D eigenvalue weighted by Gasteiger charge is -2.25. The summed E-state index contributed by atoms with van der Waals surface area (Å²) in [6.45, 7) is 0. The Hall–Kier alpha value is -3.16. The van der Waals surface area contributed by atoms with Gasteiger partial charge in [0.15, 0.2) is 0 Å². The summed E-state index contributed by atoms with van der Waals surface area (Å²) in [5.74, 6) is -0.0689. The van der Waals surface area contributed by atoms with E-state index >= 15 is 0 Å². The molecule has 0 radical (unpaired) electrons. The second-order valence-electron chi connectivity index (χ2n) is 5.83. The molecule has 0 unspecified atom stereocenters. The molecule has 0 aliphatic carbocycles.